The van der Waals surface area contributed by atoms with Crippen molar-refractivity contribution in [3.05, 3.63) is 18.2 Å². The molecule has 1 saturated heterocycles. The first kappa shape index (κ1) is 10.5. The topological polar surface area (TPSA) is 68.8 Å². The van der Waals surface area contributed by atoms with Crippen molar-refractivity contribution in [3.63, 3.8) is 0 Å². The van der Waals surface area contributed by atoms with Crippen molar-refractivity contribution in [3.8, 4) is 11.6 Å². The monoisotopic (exact) mass is 233 g/mol. The average molecular weight is 233 g/mol. The van der Waals surface area contributed by atoms with Crippen molar-refractivity contribution < 1.29 is 4.42 Å². The molecule has 3 rings (SSSR count). The Bertz CT molecular complexity index is 497. The van der Waals surface area contributed by atoms with E-state index in [1.165, 1.54) is 0 Å². The molecule has 6 nitrogen and oxygen atoms in total. The smallest absolute Gasteiger partial charge is 0.246 e. The van der Waals surface area contributed by atoms with E-state index in [9.17, 15) is 0 Å². The summed E-state index contributed by atoms with van der Waals surface area (Å²) in [6, 6.07) is 0.341. The molecule has 17 heavy (non-hydrogen) atoms. The molecule has 0 bridgehead atoms. The molecule has 1 unspecified atom stereocenters. The number of nitrogens with one attached hydrogen (secondary N) is 1. The van der Waals surface area contributed by atoms with E-state index < -0.39 is 0 Å². The van der Waals surface area contributed by atoms with Crippen LogP contribution in [0.4, 0.5) is 0 Å². The second-order valence-corrected chi connectivity index (χ2v) is 4.36. The van der Waals surface area contributed by atoms with Gasteiger partial charge in [-0.25, -0.2) is 9.67 Å². The van der Waals surface area contributed by atoms with Gasteiger partial charge < -0.3 is 9.73 Å². The molecule has 1 atom stereocenters. The van der Waals surface area contributed by atoms with Crippen LogP contribution in [-0.4, -0.2) is 33.1 Å². The Kier molecular flexibility index (Phi) is 2.64. The number of hydrogen-bond donors (Lipinski definition) is 1. The third-order valence-corrected chi connectivity index (χ3v) is 3.03. The minimum Gasteiger partial charge on any atom is -0.443 e. The Morgan fingerprint density at radius 2 is 2.47 bits per heavy atom. The Morgan fingerprint density at radius 1 is 1.53 bits per heavy atom. The number of piperidine rings is 1. The van der Waals surface area contributed by atoms with Gasteiger partial charge in [-0.2, -0.15) is 0 Å². The SMILES string of the molecule is Cc1coc(-c2cnnn2C2CCCNC2)n1. The predicted octanol–water partition coefficient (Wildman–Crippen LogP) is 1.17. The van der Waals surface area contributed by atoms with E-state index in [1.807, 2.05) is 11.6 Å². The van der Waals surface area contributed by atoms with Gasteiger partial charge in [0, 0.05) is 6.54 Å². The molecule has 3 heterocycles. The van der Waals surface area contributed by atoms with E-state index in [4.69, 9.17) is 4.42 Å². The average Bonchev–Trinajstić information content (AvgIpc) is 2.98. The van der Waals surface area contributed by atoms with Gasteiger partial charge in [0.25, 0.3) is 0 Å². The Hall–Kier alpha value is -1.69. The zero-order valence-corrected chi connectivity index (χ0v) is 9.76. The normalized spacial score (nSPS) is 20.6. The highest BCUT2D eigenvalue weighted by Crippen LogP contribution is 2.23. The van der Waals surface area contributed by atoms with Crippen LogP contribution >= 0.6 is 0 Å². The van der Waals surface area contributed by atoms with E-state index in [0.717, 1.165) is 37.3 Å². The number of aromatic nitrogens is 4. The lowest BCUT2D eigenvalue weighted by Crippen LogP contribution is -2.32. The van der Waals surface area contributed by atoms with E-state index in [0.29, 0.717) is 11.9 Å². The maximum Gasteiger partial charge on any atom is 0.246 e. The Labute approximate surface area is 99.0 Å². The molecule has 6 heteroatoms. The van der Waals surface area contributed by atoms with Crippen molar-refractivity contribution in [2.24, 2.45) is 0 Å². The van der Waals surface area contributed by atoms with Crippen LogP contribution in [-0.2, 0) is 0 Å². The van der Waals surface area contributed by atoms with Crippen molar-refractivity contribution in [1.82, 2.24) is 25.3 Å². The summed E-state index contributed by atoms with van der Waals surface area (Å²) < 4.78 is 7.32. The molecule has 0 aliphatic carbocycles. The van der Waals surface area contributed by atoms with Crippen LogP contribution in [0.1, 0.15) is 24.6 Å². The summed E-state index contributed by atoms with van der Waals surface area (Å²) in [5.41, 5.74) is 1.72. The van der Waals surface area contributed by atoms with Gasteiger partial charge in [-0.05, 0) is 26.3 Å². The van der Waals surface area contributed by atoms with Gasteiger partial charge in [0.05, 0.1) is 17.9 Å². The maximum atomic E-state index is 5.41. The van der Waals surface area contributed by atoms with Crippen LogP contribution in [0.3, 0.4) is 0 Å². The first-order valence-corrected chi connectivity index (χ1v) is 5.88. The summed E-state index contributed by atoms with van der Waals surface area (Å²) in [6.45, 7) is 3.91. The van der Waals surface area contributed by atoms with Crippen molar-refractivity contribution >= 4 is 0 Å². The number of hydrogen-bond acceptors (Lipinski definition) is 5. The lowest BCUT2D eigenvalue weighted by Gasteiger charge is -2.23. The molecular weight excluding hydrogens is 218 g/mol. The molecule has 0 amide bonds. The molecule has 1 aliphatic rings. The quantitative estimate of drug-likeness (QED) is 0.843. The molecule has 0 spiro atoms. The van der Waals surface area contributed by atoms with Crippen LogP contribution in [0.25, 0.3) is 11.6 Å². The molecule has 0 saturated carbocycles. The van der Waals surface area contributed by atoms with Gasteiger partial charge in [0.15, 0.2) is 0 Å². The Morgan fingerprint density at radius 3 is 3.18 bits per heavy atom. The highest BCUT2D eigenvalue weighted by atomic mass is 16.3. The van der Waals surface area contributed by atoms with Gasteiger partial charge in [-0.15, -0.1) is 5.10 Å². The summed E-state index contributed by atoms with van der Waals surface area (Å²) >= 11 is 0. The minimum atomic E-state index is 0.341. The molecular formula is C11H15N5O. The summed E-state index contributed by atoms with van der Waals surface area (Å²) in [4.78, 5) is 4.32. The van der Waals surface area contributed by atoms with Crippen molar-refractivity contribution in [2.45, 2.75) is 25.8 Å². The fraction of sp³-hybridized carbons (Fsp3) is 0.545. The minimum absolute atomic E-state index is 0.341. The molecule has 2 aromatic heterocycles. The molecule has 0 radical (unpaired) electrons. The highest BCUT2D eigenvalue weighted by molar-refractivity contribution is 5.45. The number of nitrogens with zero attached hydrogens (tertiary/aromatic N) is 4. The third kappa shape index (κ3) is 1.95. The fourth-order valence-electron chi connectivity index (χ4n) is 2.18. The molecule has 1 N–H and O–H groups in total. The summed E-state index contributed by atoms with van der Waals surface area (Å²) in [5.74, 6) is 0.595. The number of aryl methyl sites for hydroxylation is 1. The number of rotatable bonds is 2. The molecule has 2 aromatic rings. The first-order valence-electron chi connectivity index (χ1n) is 5.88. The van der Waals surface area contributed by atoms with Crippen LogP contribution in [0, 0.1) is 6.92 Å². The lowest BCUT2D eigenvalue weighted by atomic mass is 10.1. The largest absolute Gasteiger partial charge is 0.443 e. The summed E-state index contributed by atoms with van der Waals surface area (Å²) in [6.07, 6.45) is 5.63. The van der Waals surface area contributed by atoms with Crippen LogP contribution < -0.4 is 5.32 Å². The summed E-state index contributed by atoms with van der Waals surface area (Å²) in [5, 5.41) is 11.5. The first-order chi connectivity index (χ1) is 8.34. The van der Waals surface area contributed by atoms with Crippen molar-refractivity contribution in [1.29, 1.82) is 0 Å². The van der Waals surface area contributed by atoms with E-state index in [2.05, 4.69) is 20.6 Å². The third-order valence-electron chi connectivity index (χ3n) is 3.03. The van der Waals surface area contributed by atoms with E-state index in [1.54, 1.807) is 12.5 Å². The molecule has 1 aliphatic heterocycles. The van der Waals surface area contributed by atoms with Crippen LogP contribution in [0.2, 0.25) is 0 Å². The maximum absolute atomic E-state index is 5.41. The second kappa shape index (κ2) is 4.29. The predicted molar refractivity (Wildman–Crippen MR) is 61.4 cm³/mol. The molecule has 0 aromatic carbocycles. The van der Waals surface area contributed by atoms with Crippen LogP contribution in [0.15, 0.2) is 16.9 Å². The zero-order chi connectivity index (χ0) is 11.7. The lowest BCUT2D eigenvalue weighted by molar-refractivity contribution is 0.341. The van der Waals surface area contributed by atoms with Crippen molar-refractivity contribution in [2.75, 3.05) is 13.1 Å². The van der Waals surface area contributed by atoms with E-state index in [-0.39, 0.29) is 0 Å². The van der Waals surface area contributed by atoms with Crippen LogP contribution in [0.5, 0.6) is 0 Å². The zero-order valence-electron chi connectivity index (χ0n) is 9.76. The van der Waals surface area contributed by atoms with Gasteiger partial charge in [-0.1, -0.05) is 5.21 Å². The van der Waals surface area contributed by atoms with E-state index >= 15 is 0 Å². The molecule has 1 fully saturated rings. The standard InChI is InChI=1S/C11H15N5O/c1-8-7-17-11(14-8)10-6-13-15-16(10)9-3-2-4-12-5-9/h6-7,9,12H,2-5H2,1H3. The van der Waals surface area contributed by atoms with Gasteiger partial charge >= 0.3 is 0 Å². The van der Waals surface area contributed by atoms with Gasteiger partial charge in [-0.3, -0.25) is 0 Å². The fourth-order valence-corrected chi connectivity index (χ4v) is 2.18. The summed E-state index contributed by atoms with van der Waals surface area (Å²) in [7, 11) is 0. The molecule has 90 valence electrons. The second-order valence-electron chi connectivity index (χ2n) is 4.36. The van der Waals surface area contributed by atoms with Gasteiger partial charge in [0.2, 0.25) is 5.89 Å². The van der Waals surface area contributed by atoms with Gasteiger partial charge in [0.1, 0.15) is 12.0 Å². The highest BCUT2D eigenvalue weighted by Gasteiger charge is 2.21. The number of oxazole rings is 1. The Balaban J connectivity index is 1.93.